The van der Waals surface area contributed by atoms with E-state index in [0.29, 0.717) is 13.0 Å². The molecule has 0 spiro atoms. The van der Waals surface area contributed by atoms with Gasteiger partial charge in [0.1, 0.15) is 0 Å². The molecule has 14 heavy (non-hydrogen) atoms. The van der Waals surface area contributed by atoms with Crippen molar-refractivity contribution >= 4 is 0 Å². The highest BCUT2D eigenvalue weighted by Crippen LogP contribution is 2.03. The fourth-order valence-corrected chi connectivity index (χ4v) is 1.25. The van der Waals surface area contributed by atoms with E-state index in [4.69, 9.17) is 4.74 Å². The Morgan fingerprint density at radius 2 is 1.86 bits per heavy atom. The van der Waals surface area contributed by atoms with Crippen LogP contribution in [0.25, 0.3) is 0 Å². The van der Waals surface area contributed by atoms with Crippen molar-refractivity contribution in [2.75, 3.05) is 6.61 Å². The van der Waals surface area contributed by atoms with E-state index < -0.39 is 6.10 Å². The Bertz CT molecular complexity index is 244. The summed E-state index contributed by atoms with van der Waals surface area (Å²) in [6.07, 6.45) is 0.438. The lowest BCUT2D eigenvalue weighted by Gasteiger charge is -2.13. The number of aliphatic hydroxyl groups excluding tert-OH is 1. The molecule has 2 heteroatoms. The van der Waals surface area contributed by atoms with Gasteiger partial charge in [-0.05, 0) is 19.4 Å². The number of hydrogen-bond donors (Lipinski definition) is 1. The maximum Gasteiger partial charge on any atom is 0.0814 e. The van der Waals surface area contributed by atoms with Crippen LogP contribution in [0.3, 0.4) is 0 Å². The lowest BCUT2D eigenvalue weighted by Crippen LogP contribution is -2.20. The molecule has 0 amide bonds. The van der Waals surface area contributed by atoms with Gasteiger partial charge in [-0.3, -0.25) is 0 Å². The fraction of sp³-hybridized carbons (Fsp3) is 0.500. The first-order chi connectivity index (χ1) is 6.68. The maximum absolute atomic E-state index is 9.63. The van der Waals surface area contributed by atoms with Crippen LogP contribution in [0.15, 0.2) is 30.3 Å². The summed E-state index contributed by atoms with van der Waals surface area (Å²) in [6, 6.07) is 9.95. The van der Waals surface area contributed by atoms with Crippen molar-refractivity contribution < 1.29 is 9.84 Å². The summed E-state index contributed by atoms with van der Waals surface area (Å²) in [5, 5.41) is 9.63. The molecule has 1 aromatic carbocycles. The van der Waals surface area contributed by atoms with Gasteiger partial charge in [0.2, 0.25) is 0 Å². The second kappa shape index (κ2) is 5.78. The lowest BCUT2D eigenvalue weighted by molar-refractivity contribution is 0.00621. The van der Waals surface area contributed by atoms with Crippen LogP contribution in [0.4, 0.5) is 0 Å². The lowest BCUT2D eigenvalue weighted by atomic mass is 10.1. The Morgan fingerprint density at radius 3 is 2.43 bits per heavy atom. The van der Waals surface area contributed by atoms with Gasteiger partial charge in [0, 0.05) is 6.42 Å². The monoisotopic (exact) mass is 194 g/mol. The summed E-state index contributed by atoms with van der Waals surface area (Å²) in [5.74, 6) is 0. The second-order valence-electron chi connectivity index (χ2n) is 3.73. The summed E-state index contributed by atoms with van der Waals surface area (Å²) >= 11 is 0. The van der Waals surface area contributed by atoms with Gasteiger partial charge in [-0.1, -0.05) is 30.3 Å². The highest BCUT2D eigenvalue weighted by Gasteiger charge is 2.06. The van der Waals surface area contributed by atoms with Crippen LogP contribution >= 0.6 is 0 Å². The van der Waals surface area contributed by atoms with E-state index in [9.17, 15) is 5.11 Å². The Hall–Kier alpha value is -0.860. The normalized spacial score (nSPS) is 13.1. The van der Waals surface area contributed by atoms with Gasteiger partial charge < -0.3 is 9.84 Å². The molecule has 0 saturated carbocycles. The van der Waals surface area contributed by atoms with Crippen molar-refractivity contribution in [1.82, 2.24) is 0 Å². The highest BCUT2D eigenvalue weighted by atomic mass is 16.5. The van der Waals surface area contributed by atoms with Gasteiger partial charge in [-0.25, -0.2) is 0 Å². The van der Waals surface area contributed by atoms with Gasteiger partial charge in [-0.2, -0.15) is 0 Å². The predicted molar refractivity (Wildman–Crippen MR) is 57.2 cm³/mol. The quantitative estimate of drug-likeness (QED) is 0.777. The van der Waals surface area contributed by atoms with Crippen molar-refractivity contribution in [1.29, 1.82) is 0 Å². The standard InChI is InChI=1S/C12H18O2/c1-10(2)14-9-12(13)8-11-6-4-3-5-7-11/h3-7,10,12-13H,8-9H2,1-2H3/t12-/m0/s1. The molecule has 1 atom stereocenters. The van der Waals surface area contributed by atoms with E-state index in [0.717, 1.165) is 5.56 Å². The molecule has 1 aromatic rings. The Kier molecular flexibility index (Phi) is 4.63. The van der Waals surface area contributed by atoms with Crippen LogP contribution in [0.5, 0.6) is 0 Å². The Morgan fingerprint density at radius 1 is 1.21 bits per heavy atom. The molecule has 2 nitrogen and oxygen atoms in total. The average Bonchev–Trinajstić information content (AvgIpc) is 2.16. The fourth-order valence-electron chi connectivity index (χ4n) is 1.25. The number of ether oxygens (including phenoxy) is 1. The van der Waals surface area contributed by atoms with Crippen LogP contribution < -0.4 is 0 Å². The van der Waals surface area contributed by atoms with Gasteiger partial charge >= 0.3 is 0 Å². The number of rotatable bonds is 5. The topological polar surface area (TPSA) is 29.5 Å². The van der Waals surface area contributed by atoms with E-state index in [2.05, 4.69) is 0 Å². The summed E-state index contributed by atoms with van der Waals surface area (Å²) in [6.45, 7) is 4.34. The molecule has 0 fully saturated rings. The van der Waals surface area contributed by atoms with Crippen molar-refractivity contribution in [3.05, 3.63) is 35.9 Å². The molecule has 0 heterocycles. The minimum absolute atomic E-state index is 0.181. The van der Waals surface area contributed by atoms with Crippen molar-refractivity contribution in [2.45, 2.75) is 32.5 Å². The van der Waals surface area contributed by atoms with E-state index in [1.54, 1.807) is 0 Å². The van der Waals surface area contributed by atoms with Crippen LogP contribution in [-0.4, -0.2) is 23.9 Å². The molecule has 0 unspecified atom stereocenters. The zero-order valence-electron chi connectivity index (χ0n) is 8.81. The number of hydrogen-bond acceptors (Lipinski definition) is 2. The molecular weight excluding hydrogens is 176 g/mol. The third-order valence-corrected chi connectivity index (χ3v) is 1.94. The van der Waals surface area contributed by atoms with Gasteiger partial charge in [0.25, 0.3) is 0 Å². The van der Waals surface area contributed by atoms with E-state index >= 15 is 0 Å². The van der Waals surface area contributed by atoms with Gasteiger partial charge in [-0.15, -0.1) is 0 Å². The molecule has 1 rings (SSSR count). The average molecular weight is 194 g/mol. The molecule has 78 valence electrons. The van der Waals surface area contributed by atoms with E-state index in [-0.39, 0.29) is 6.10 Å². The molecule has 0 radical (unpaired) electrons. The van der Waals surface area contributed by atoms with Crippen molar-refractivity contribution in [2.24, 2.45) is 0 Å². The summed E-state index contributed by atoms with van der Waals surface area (Å²) in [4.78, 5) is 0. The minimum Gasteiger partial charge on any atom is -0.390 e. The maximum atomic E-state index is 9.63. The number of aliphatic hydroxyl groups is 1. The molecule has 1 N–H and O–H groups in total. The van der Waals surface area contributed by atoms with Crippen LogP contribution in [-0.2, 0) is 11.2 Å². The predicted octanol–water partition coefficient (Wildman–Crippen LogP) is 2.01. The van der Waals surface area contributed by atoms with Crippen LogP contribution in [0.1, 0.15) is 19.4 Å². The largest absolute Gasteiger partial charge is 0.390 e. The minimum atomic E-state index is -0.403. The van der Waals surface area contributed by atoms with Crippen LogP contribution in [0.2, 0.25) is 0 Å². The van der Waals surface area contributed by atoms with E-state index in [1.807, 2.05) is 44.2 Å². The summed E-state index contributed by atoms with van der Waals surface area (Å²) < 4.78 is 5.33. The third kappa shape index (κ3) is 4.40. The van der Waals surface area contributed by atoms with Crippen molar-refractivity contribution in [3.63, 3.8) is 0 Å². The highest BCUT2D eigenvalue weighted by molar-refractivity contribution is 5.15. The molecule has 0 aliphatic carbocycles. The van der Waals surface area contributed by atoms with Gasteiger partial charge in [0.15, 0.2) is 0 Å². The third-order valence-electron chi connectivity index (χ3n) is 1.94. The molecule has 0 bridgehead atoms. The molecule has 0 aliphatic rings. The zero-order chi connectivity index (χ0) is 10.4. The summed E-state index contributed by atoms with van der Waals surface area (Å²) in [5.41, 5.74) is 1.15. The van der Waals surface area contributed by atoms with Crippen LogP contribution in [0, 0.1) is 0 Å². The molecular formula is C12H18O2. The first kappa shape index (κ1) is 11.2. The van der Waals surface area contributed by atoms with Crippen molar-refractivity contribution in [3.8, 4) is 0 Å². The van der Waals surface area contributed by atoms with E-state index in [1.165, 1.54) is 0 Å². The zero-order valence-corrected chi connectivity index (χ0v) is 8.81. The molecule has 0 aromatic heterocycles. The molecule has 0 aliphatic heterocycles. The Balaban J connectivity index is 2.30. The first-order valence-electron chi connectivity index (χ1n) is 5.02. The molecule has 0 saturated heterocycles. The smallest absolute Gasteiger partial charge is 0.0814 e. The second-order valence-corrected chi connectivity index (χ2v) is 3.73. The Labute approximate surface area is 85.5 Å². The SMILES string of the molecule is CC(C)OC[C@@H](O)Cc1ccccc1. The first-order valence-corrected chi connectivity index (χ1v) is 5.02. The number of benzene rings is 1. The van der Waals surface area contributed by atoms with Gasteiger partial charge in [0.05, 0.1) is 18.8 Å². The summed E-state index contributed by atoms with van der Waals surface area (Å²) in [7, 11) is 0.